The molecule has 3 rings (SSSR count). The molecule has 1 fully saturated rings. The van der Waals surface area contributed by atoms with E-state index in [1.165, 1.54) is 6.33 Å². The number of rotatable bonds is 5. The number of aromatic amines is 1. The summed E-state index contributed by atoms with van der Waals surface area (Å²) in [5.41, 5.74) is 13.5. The number of carbonyl (C=O) groups excluding carboxylic acids is 1. The number of nitrogen functional groups attached to an aromatic ring is 1. The predicted molar refractivity (Wildman–Crippen MR) is 108 cm³/mol. The Balaban J connectivity index is 0.000000614. The van der Waals surface area contributed by atoms with Crippen LogP contribution in [0.4, 0.5) is 5.82 Å². The zero-order valence-electron chi connectivity index (χ0n) is 16.7. The lowest BCUT2D eigenvalue weighted by Crippen LogP contribution is -2.43. The van der Waals surface area contributed by atoms with Gasteiger partial charge in [0.15, 0.2) is 5.82 Å². The van der Waals surface area contributed by atoms with Crippen LogP contribution in [0.25, 0.3) is 11.0 Å². The molecule has 0 saturated carbocycles. The van der Waals surface area contributed by atoms with Gasteiger partial charge in [-0.3, -0.25) is 19.2 Å². The van der Waals surface area contributed by atoms with Crippen LogP contribution in [0.3, 0.4) is 0 Å². The van der Waals surface area contributed by atoms with Crippen molar-refractivity contribution in [1.82, 2.24) is 20.3 Å². The third kappa shape index (κ3) is 6.07. The van der Waals surface area contributed by atoms with Gasteiger partial charge in [-0.2, -0.15) is 8.42 Å². The van der Waals surface area contributed by atoms with Crippen molar-refractivity contribution in [3.8, 4) is 0 Å². The van der Waals surface area contributed by atoms with Crippen molar-refractivity contribution in [2.75, 3.05) is 12.3 Å². The van der Waals surface area contributed by atoms with Crippen LogP contribution < -0.4 is 16.8 Å². The molecule has 2 aromatic rings. The van der Waals surface area contributed by atoms with Gasteiger partial charge in [0.05, 0.1) is 24.2 Å². The van der Waals surface area contributed by atoms with Crippen LogP contribution in [0.15, 0.2) is 12.5 Å². The first-order valence-electron chi connectivity index (χ1n) is 9.13. The quantitative estimate of drug-likeness (QED) is 0.180. The SMILES string of the molecule is CC(C)C(N)C(=O)O[C@@H]1[C@@H](O)[C@H](CO)N[C@H]1c1c[nH]c2c(N)ncnc12.O=S(=O)(O)O. The molecule has 0 aromatic carbocycles. The van der Waals surface area contributed by atoms with Gasteiger partial charge in [0.25, 0.3) is 0 Å². The fourth-order valence-electron chi connectivity index (χ4n) is 3.12. The number of aromatic nitrogens is 3. The summed E-state index contributed by atoms with van der Waals surface area (Å²) in [4.78, 5) is 23.5. The molecule has 174 valence electrons. The number of nitrogens with zero attached hydrogens (tertiary/aromatic N) is 2. The highest BCUT2D eigenvalue weighted by molar-refractivity contribution is 7.79. The number of fused-ring (bicyclic) bond motifs is 1. The molecule has 1 unspecified atom stereocenters. The number of H-pyrrole nitrogens is 1. The van der Waals surface area contributed by atoms with Crippen molar-refractivity contribution in [3.05, 3.63) is 18.1 Å². The first-order chi connectivity index (χ1) is 14.3. The van der Waals surface area contributed by atoms with Crippen molar-refractivity contribution >= 4 is 33.2 Å². The molecule has 0 amide bonds. The fraction of sp³-hybridized carbons (Fsp3) is 0.562. The third-order valence-corrected chi connectivity index (χ3v) is 4.77. The molecule has 3 heterocycles. The Morgan fingerprint density at radius 1 is 1.32 bits per heavy atom. The number of esters is 1. The van der Waals surface area contributed by atoms with Crippen LogP contribution in [-0.2, 0) is 19.9 Å². The predicted octanol–water partition coefficient (Wildman–Crippen LogP) is -1.85. The van der Waals surface area contributed by atoms with E-state index in [0.717, 1.165) is 0 Å². The van der Waals surface area contributed by atoms with E-state index in [2.05, 4.69) is 20.3 Å². The minimum atomic E-state index is -4.67. The number of hydrogen-bond donors (Lipinski definition) is 8. The third-order valence-electron chi connectivity index (χ3n) is 4.77. The smallest absolute Gasteiger partial charge is 0.394 e. The molecular formula is C16H26N6O8S. The van der Waals surface area contributed by atoms with E-state index in [9.17, 15) is 15.0 Å². The molecule has 2 aromatic heterocycles. The van der Waals surface area contributed by atoms with Crippen molar-refractivity contribution in [2.45, 2.75) is 44.2 Å². The average molecular weight is 462 g/mol. The second kappa shape index (κ2) is 9.82. The average Bonchev–Trinajstić information content (AvgIpc) is 3.22. The Hall–Kier alpha value is -2.40. The molecule has 0 spiro atoms. The lowest BCUT2D eigenvalue weighted by molar-refractivity contribution is -0.157. The summed E-state index contributed by atoms with van der Waals surface area (Å²) < 4.78 is 37.1. The van der Waals surface area contributed by atoms with E-state index < -0.39 is 46.7 Å². The van der Waals surface area contributed by atoms with Crippen LogP contribution >= 0.6 is 0 Å². The zero-order valence-corrected chi connectivity index (χ0v) is 17.5. The van der Waals surface area contributed by atoms with E-state index in [-0.39, 0.29) is 18.3 Å². The number of hydrogen-bond acceptors (Lipinski definition) is 11. The molecule has 0 aliphatic carbocycles. The second-order valence-electron chi connectivity index (χ2n) is 7.27. The van der Waals surface area contributed by atoms with Crippen molar-refractivity contribution in [1.29, 1.82) is 0 Å². The number of aliphatic hydroxyl groups is 2. The maximum atomic E-state index is 12.3. The summed E-state index contributed by atoms with van der Waals surface area (Å²) >= 11 is 0. The number of nitrogens with one attached hydrogen (secondary N) is 2. The molecule has 14 nitrogen and oxygen atoms in total. The minimum absolute atomic E-state index is 0.110. The van der Waals surface area contributed by atoms with E-state index >= 15 is 0 Å². The monoisotopic (exact) mass is 462 g/mol. The lowest BCUT2D eigenvalue weighted by atomic mass is 10.0. The number of anilines is 1. The molecule has 1 aliphatic rings. The highest BCUT2D eigenvalue weighted by Crippen LogP contribution is 2.34. The van der Waals surface area contributed by atoms with E-state index in [1.807, 2.05) is 13.8 Å². The van der Waals surface area contributed by atoms with Crippen LogP contribution in [0.1, 0.15) is 25.5 Å². The van der Waals surface area contributed by atoms with Crippen molar-refractivity contribution < 1.29 is 37.3 Å². The summed E-state index contributed by atoms with van der Waals surface area (Å²) in [5.74, 6) is -0.431. The van der Waals surface area contributed by atoms with Crippen LogP contribution in [0.2, 0.25) is 0 Å². The topological polar surface area (TPSA) is 247 Å². The normalized spacial score (nSPS) is 24.6. The van der Waals surface area contributed by atoms with Crippen molar-refractivity contribution in [3.63, 3.8) is 0 Å². The summed E-state index contributed by atoms with van der Waals surface area (Å²) in [7, 11) is -4.67. The Labute approximate surface area is 177 Å². The van der Waals surface area contributed by atoms with Crippen molar-refractivity contribution in [2.24, 2.45) is 11.7 Å². The maximum absolute atomic E-state index is 12.3. The number of ether oxygens (including phenoxy) is 1. The van der Waals surface area contributed by atoms with Gasteiger partial charge in [-0.15, -0.1) is 0 Å². The summed E-state index contributed by atoms with van der Waals surface area (Å²) in [6.45, 7) is 3.30. The van der Waals surface area contributed by atoms with Crippen LogP contribution in [0, 0.1) is 5.92 Å². The van der Waals surface area contributed by atoms with Gasteiger partial charge in [-0.1, -0.05) is 13.8 Å². The highest BCUT2D eigenvalue weighted by atomic mass is 32.3. The standard InChI is InChI=1S/C16H24N6O4.H2O4S/c1-6(2)9(17)16(25)26-14-11(22-8(4-23)13(14)24)7-3-19-12-10(7)20-5-21-15(12)18;1-5(2,3)4/h3,5-6,8-9,11,13-14,19,22-24H,4,17H2,1-2H3,(H2,18,20,21);(H2,1,2,3,4)/t8-,9?,11-,13-,14-;/m0./s1. The number of aliphatic hydroxyl groups excluding tert-OH is 2. The van der Waals surface area contributed by atoms with E-state index in [1.54, 1.807) is 6.20 Å². The van der Waals surface area contributed by atoms with E-state index in [4.69, 9.17) is 33.7 Å². The molecule has 1 saturated heterocycles. The van der Waals surface area contributed by atoms with Gasteiger partial charge >= 0.3 is 16.4 Å². The molecule has 31 heavy (non-hydrogen) atoms. The zero-order chi connectivity index (χ0) is 23.5. The number of carbonyl (C=O) groups is 1. The highest BCUT2D eigenvalue weighted by Gasteiger charge is 2.46. The van der Waals surface area contributed by atoms with Crippen LogP contribution in [-0.4, -0.2) is 79.6 Å². The molecule has 5 atom stereocenters. The van der Waals surface area contributed by atoms with Gasteiger partial charge in [0, 0.05) is 11.8 Å². The maximum Gasteiger partial charge on any atom is 0.394 e. The fourth-order valence-corrected chi connectivity index (χ4v) is 3.12. The Morgan fingerprint density at radius 2 is 1.94 bits per heavy atom. The van der Waals surface area contributed by atoms with Gasteiger partial charge in [0.1, 0.15) is 30.1 Å². The first-order valence-corrected chi connectivity index (χ1v) is 10.5. The second-order valence-corrected chi connectivity index (χ2v) is 8.17. The van der Waals surface area contributed by atoms with Gasteiger partial charge in [0.2, 0.25) is 0 Å². The first kappa shape index (κ1) is 24.9. The molecular weight excluding hydrogens is 436 g/mol. The molecule has 0 bridgehead atoms. The van der Waals surface area contributed by atoms with Gasteiger partial charge in [-0.25, -0.2) is 9.97 Å². The summed E-state index contributed by atoms with van der Waals surface area (Å²) in [6.07, 6.45) is 0.972. The molecule has 15 heteroatoms. The Kier molecular flexibility index (Phi) is 7.87. The number of nitrogens with two attached hydrogens (primary N) is 2. The molecule has 0 radical (unpaired) electrons. The van der Waals surface area contributed by atoms with E-state index in [0.29, 0.717) is 16.6 Å². The lowest BCUT2D eigenvalue weighted by Gasteiger charge is -2.24. The Morgan fingerprint density at radius 3 is 2.48 bits per heavy atom. The molecule has 10 N–H and O–H groups in total. The largest absolute Gasteiger partial charge is 0.456 e. The summed E-state index contributed by atoms with van der Waals surface area (Å²) in [5, 5.41) is 23.1. The minimum Gasteiger partial charge on any atom is -0.456 e. The van der Waals surface area contributed by atoms with Gasteiger partial charge in [-0.05, 0) is 5.92 Å². The summed E-state index contributed by atoms with van der Waals surface area (Å²) in [6, 6.07) is -2.05. The van der Waals surface area contributed by atoms with Crippen LogP contribution in [0.5, 0.6) is 0 Å². The molecule has 1 aliphatic heterocycles. The Bertz CT molecular complexity index is 1000. The van der Waals surface area contributed by atoms with Gasteiger partial charge < -0.3 is 31.4 Å².